The van der Waals surface area contributed by atoms with E-state index >= 15 is 0 Å². The van der Waals surface area contributed by atoms with Crippen molar-refractivity contribution in [3.8, 4) is 0 Å². The summed E-state index contributed by atoms with van der Waals surface area (Å²) in [5, 5.41) is 7.20. The van der Waals surface area contributed by atoms with Gasteiger partial charge in [0.1, 0.15) is 5.01 Å². The smallest absolute Gasteiger partial charge is 0.113 e. The molecule has 2 rings (SSSR count). The van der Waals surface area contributed by atoms with Crippen LogP contribution in [0.3, 0.4) is 0 Å². The van der Waals surface area contributed by atoms with E-state index in [2.05, 4.69) is 36.5 Å². The normalized spacial score (nSPS) is 30.5. The standard InChI is InChI=1S/C14H24N2S/c1-11(2)16-14(13-15-9-10-17-13)7-4-5-12(3)6-8-14/h9-12,16H,4-8H2,1-3H3. The van der Waals surface area contributed by atoms with Crippen molar-refractivity contribution in [2.75, 3.05) is 0 Å². The summed E-state index contributed by atoms with van der Waals surface area (Å²) in [6.07, 6.45) is 8.42. The van der Waals surface area contributed by atoms with Crippen LogP contribution in [0.25, 0.3) is 0 Å². The molecule has 2 unspecified atom stereocenters. The fourth-order valence-electron chi connectivity index (χ4n) is 2.95. The molecule has 1 aliphatic rings. The summed E-state index contributed by atoms with van der Waals surface area (Å²) in [7, 11) is 0. The van der Waals surface area contributed by atoms with E-state index in [9.17, 15) is 0 Å². The zero-order chi connectivity index (χ0) is 12.3. The Kier molecular flexibility index (Phi) is 4.21. The quantitative estimate of drug-likeness (QED) is 0.824. The molecule has 1 heterocycles. The van der Waals surface area contributed by atoms with Gasteiger partial charge in [0.25, 0.3) is 0 Å². The number of thiazole rings is 1. The Morgan fingerprint density at radius 2 is 2.24 bits per heavy atom. The number of rotatable bonds is 3. The summed E-state index contributed by atoms with van der Waals surface area (Å²) >= 11 is 1.81. The van der Waals surface area contributed by atoms with Crippen LogP contribution in [0.1, 0.15) is 57.9 Å². The van der Waals surface area contributed by atoms with E-state index in [-0.39, 0.29) is 5.54 Å². The Bertz CT molecular complexity index is 334. The van der Waals surface area contributed by atoms with Crippen molar-refractivity contribution >= 4 is 11.3 Å². The van der Waals surface area contributed by atoms with Gasteiger partial charge in [-0.3, -0.25) is 0 Å². The minimum absolute atomic E-state index is 0.146. The molecule has 1 aromatic heterocycles. The molecule has 1 saturated carbocycles. The highest BCUT2D eigenvalue weighted by Crippen LogP contribution is 2.39. The molecular formula is C14H24N2S. The van der Waals surface area contributed by atoms with Crippen molar-refractivity contribution in [1.82, 2.24) is 10.3 Å². The van der Waals surface area contributed by atoms with Crippen LogP contribution in [-0.4, -0.2) is 11.0 Å². The Balaban J connectivity index is 2.23. The van der Waals surface area contributed by atoms with Gasteiger partial charge in [0.2, 0.25) is 0 Å². The summed E-state index contributed by atoms with van der Waals surface area (Å²) in [6.45, 7) is 6.86. The van der Waals surface area contributed by atoms with Crippen LogP contribution in [0.4, 0.5) is 0 Å². The third kappa shape index (κ3) is 3.08. The summed E-state index contributed by atoms with van der Waals surface area (Å²) in [5.74, 6) is 0.866. The second kappa shape index (κ2) is 5.49. The molecule has 0 spiro atoms. The molecular weight excluding hydrogens is 228 g/mol. The Hall–Kier alpha value is -0.410. The highest BCUT2D eigenvalue weighted by molar-refractivity contribution is 7.09. The average molecular weight is 252 g/mol. The predicted octanol–water partition coefficient (Wildman–Crippen LogP) is 3.94. The van der Waals surface area contributed by atoms with Crippen molar-refractivity contribution in [3.05, 3.63) is 16.6 Å². The van der Waals surface area contributed by atoms with Gasteiger partial charge in [-0.15, -0.1) is 11.3 Å². The lowest BCUT2D eigenvalue weighted by Gasteiger charge is -2.34. The van der Waals surface area contributed by atoms with Gasteiger partial charge in [-0.2, -0.15) is 0 Å². The average Bonchev–Trinajstić information content (AvgIpc) is 2.73. The highest BCUT2D eigenvalue weighted by atomic mass is 32.1. The van der Waals surface area contributed by atoms with E-state index in [1.165, 1.54) is 37.1 Å². The maximum absolute atomic E-state index is 4.59. The van der Waals surface area contributed by atoms with Gasteiger partial charge in [0.15, 0.2) is 0 Å². The zero-order valence-electron chi connectivity index (χ0n) is 11.2. The topological polar surface area (TPSA) is 24.9 Å². The van der Waals surface area contributed by atoms with E-state index in [1.807, 2.05) is 17.5 Å². The Labute approximate surface area is 109 Å². The van der Waals surface area contributed by atoms with E-state index < -0.39 is 0 Å². The fourth-order valence-corrected chi connectivity index (χ4v) is 3.81. The summed E-state index contributed by atoms with van der Waals surface area (Å²) < 4.78 is 0. The van der Waals surface area contributed by atoms with Gasteiger partial charge in [0.05, 0.1) is 5.54 Å². The van der Waals surface area contributed by atoms with Crippen molar-refractivity contribution in [1.29, 1.82) is 0 Å². The second-order valence-corrected chi connectivity index (χ2v) is 6.65. The van der Waals surface area contributed by atoms with Crippen molar-refractivity contribution in [2.45, 2.75) is 64.5 Å². The van der Waals surface area contributed by atoms with Gasteiger partial charge in [-0.1, -0.05) is 19.8 Å². The minimum Gasteiger partial charge on any atom is -0.303 e. The minimum atomic E-state index is 0.146. The monoisotopic (exact) mass is 252 g/mol. The molecule has 1 N–H and O–H groups in total. The summed E-state index contributed by atoms with van der Waals surface area (Å²) in [6, 6.07) is 0.521. The fraction of sp³-hybridized carbons (Fsp3) is 0.786. The molecule has 0 radical (unpaired) electrons. The van der Waals surface area contributed by atoms with Crippen molar-refractivity contribution in [3.63, 3.8) is 0 Å². The zero-order valence-corrected chi connectivity index (χ0v) is 12.0. The van der Waals surface area contributed by atoms with E-state index in [4.69, 9.17) is 0 Å². The van der Waals surface area contributed by atoms with Crippen molar-refractivity contribution in [2.24, 2.45) is 5.92 Å². The third-order valence-corrected chi connectivity index (χ3v) is 4.75. The molecule has 0 amide bonds. The van der Waals surface area contributed by atoms with Crippen LogP contribution in [0.15, 0.2) is 11.6 Å². The lowest BCUT2D eigenvalue weighted by molar-refractivity contribution is 0.263. The molecule has 0 bridgehead atoms. The molecule has 3 heteroatoms. The molecule has 0 aromatic carbocycles. The SMILES string of the molecule is CC1CCCC(NC(C)C)(c2nccs2)CC1. The van der Waals surface area contributed by atoms with E-state index in [0.29, 0.717) is 6.04 Å². The molecule has 2 nitrogen and oxygen atoms in total. The van der Waals surface area contributed by atoms with Gasteiger partial charge in [-0.05, 0) is 39.0 Å². The highest BCUT2D eigenvalue weighted by Gasteiger charge is 2.36. The summed E-state index contributed by atoms with van der Waals surface area (Å²) in [5.41, 5.74) is 0.146. The first-order valence-electron chi connectivity index (χ1n) is 6.80. The lowest BCUT2D eigenvalue weighted by Crippen LogP contribution is -2.45. The molecule has 17 heavy (non-hydrogen) atoms. The molecule has 2 atom stereocenters. The van der Waals surface area contributed by atoms with Crippen molar-refractivity contribution < 1.29 is 0 Å². The number of nitrogens with zero attached hydrogens (tertiary/aromatic N) is 1. The number of hydrogen-bond donors (Lipinski definition) is 1. The molecule has 1 fully saturated rings. The van der Waals surface area contributed by atoms with Crippen LogP contribution in [-0.2, 0) is 5.54 Å². The largest absolute Gasteiger partial charge is 0.303 e. The summed E-state index contributed by atoms with van der Waals surface area (Å²) in [4.78, 5) is 4.59. The van der Waals surface area contributed by atoms with Crippen LogP contribution >= 0.6 is 11.3 Å². The van der Waals surface area contributed by atoms with Crippen LogP contribution in [0.5, 0.6) is 0 Å². The maximum atomic E-state index is 4.59. The molecule has 0 saturated heterocycles. The van der Waals surface area contributed by atoms with Gasteiger partial charge in [0, 0.05) is 17.6 Å². The van der Waals surface area contributed by atoms with Gasteiger partial charge >= 0.3 is 0 Å². The molecule has 1 aliphatic carbocycles. The lowest BCUT2D eigenvalue weighted by atomic mass is 9.89. The molecule has 96 valence electrons. The number of hydrogen-bond acceptors (Lipinski definition) is 3. The van der Waals surface area contributed by atoms with Crippen LogP contribution in [0, 0.1) is 5.92 Å². The third-order valence-electron chi connectivity index (χ3n) is 3.77. The van der Waals surface area contributed by atoms with Crippen LogP contribution in [0.2, 0.25) is 0 Å². The number of nitrogens with one attached hydrogen (secondary N) is 1. The molecule has 0 aliphatic heterocycles. The first-order chi connectivity index (χ1) is 8.12. The Morgan fingerprint density at radius 3 is 2.88 bits per heavy atom. The second-order valence-electron chi connectivity index (χ2n) is 5.75. The van der Waals surface area contributed by atoms with Crippen LogP contribution < -0.4 is 5.32 Å². The van der Waals surface area contributed by atoms with E-state index in [0.717, 1.165) is 5.92 Å². The first-order valence-corrected chi connectivity index (χ1v) is 7.68. The van der Waals surface area contributed by atoms with Gasteiger partial charge in [-0.25, -0.2) is 4.98 Å². The van der Waals surface area contributed by atoms with Gasteiger partial charge < -0.3 is 5.32 Å². The maximum Gasteiger partial charge on any atom is 0.113 e. The predicted molar refractivity (Wildman–Crippen MR) is 74.3 cm³/mol. The first kappa shape index (κ1) is 13.0. The molecule has 1 aromatic rings. The number of aromatic nitrogens is 1. The van der Waals surface area contributed by atoms with E-state index in [1.54, 1.807) is 0 Å². The Morgan fingerprint density at radius 1 is 1.41 bits per heavy atom.